The molecule has 0 unspecified atom stereocenters. The summed E-state index contributed by atoms with van der Waals surface area (Å²) in [7, 11) is 0. The van der Waals surface area contributed by atoms with E-state index in [-0.39, 0.29) is 18.1 Å². The van der Waals surface area contributed by atoms with Gasteiger partial charge in [-0.15, -0.1) is 0 Å². The van der Waals surface area contributed by atoms with Crippen LogP contribution in [0, 0.1) is 17.5 Å². The first-order valence-electron chi connectivity index (χ1n) is 5.66. The highest BCUT2D eigenvalue weighted by Crippen LogP contribution is 2.19. The number of halogens is 3. The summed E-state index contributed by atoms with van der Waals surface area (Å²) in [5.41, 5.74) is -0.227. The van der Waals surface area contributed by atoms with Crippen LogP contribution in [0.2, 0.25) is 0 Å². The number of hydrogen-bond acceptors (Lipinski definition) is 2. The zero-order valence-electron chi connectivity index (χ0n) is 10.3. The lowest BCUT2D eigenvalue weighted by Gasteiger charge is -2.19. The van der Waals surface area contributed by atoms with Crippen LogP contribution in [0.3, 0.4) is 0 Å². The van der Waals surface area contributed by atoms with Gasteiger partial charge in [0.1, 0.15) is 0 Å². The maximum atomic E-state index is 13.3. The van der Waals surface area contributed by atoms with Crippen molar-refractivity contribution in [3.8, 4) is 0 Å². The van der Waals surface area contributed by atoms with Gasteiger partial charge in [-0.05, 0) is 26.0 Å². The molecule has 1 N–H and O–H groups in total. The summed E-state index contributed by atoms with van der Waals surface area (Å²) in [6, 6.07) is 1.87. The lowest BCUT2D eigenvalue weighted by Crippen LogP contribution is -2.35. The van der Waals surface area contributed by atoms with Gasteiger partial charge in [0.2, 0.25) is 5.91 Å². The van der Waals surface area contributed by atoms with E-state index in [0.717, 1.165) is 12.1 Å². The molecule has 0 aliphatic carbocycles. The van der Waals surface area contributed by atoms with E-state index in [2.05, 4.69) is 5.32 Å². The number of rotatable bonds is 5. The maximum absolute atomic E-state index is 13.3. The van der Waals surface area contributed by atoms with Crippen molar-refractivity contribution in [1.82, 2.24) is 4.90 Å². The minimum atomic E-state index is -1.55. The fourth-order valence-corrected chi connectivity index (χ4v) is 1.52. The van der Waals surface area contributed by atoms with Gasteiger partial charge in [0, 0.05) is 13.1 Å². The van der Waals surface area contributed by atoms with Crippen LogP contribution in [0.4, 0.5) is 18.9 Å². The molecule has 1 rings (SSSR count). The van der Waals surface area contributed by atoms with E-state index in [1.165, 1.54) is 0 Å². The third-order valence-corrected chi connectivity index (χ3v) is 2.58. The van der Waals surface area contributed by atoms with Crippen LogP contribution in [-0.4, -0.2) is 30.4 Å². The number of carbonyl (C=O) groups excluding carboxylic acids is 1. The number of carbonyl (C=O) groups is 1. The SMILES string of the molecule is CCN(CC)C(=O)CNc1ccc(F)c(F)c1F. The van der Waals surface area contributed by atoms with Crippen LogP contribution in [0.1, 0.15) is 13.8 Å². The van der Waals surface area contributed by atoms with Gasteiger partial charge in [0.05, 0.1) is 12.2 Å². The predicted molar refractivity (Wildman–Crippen MR) is 62.7 cm³/mol. The Kier molecular flexibility index (Phi) is 5.00. The minimum absolute atomic E-state index is 0.163. The van der Waals surface area contributed by atoms with E-state index in [0.29, 0.717) is 13.1 Å². The van der Waals surface area contributed by atoms with E-state index in [9.17, 15) is 18.0 Å². The van der Waals surface area contributed by atoms with Crippen LogP contribution in [-0.2, 0) is 4.79 Å². The maximum Gasteiger partial charge on any atom is 0.241 e. The molecule has 0 aliphatic rings. The summed E-state index contributed by atoms with van der Waals surface area (Å²) in [5, 5.41) is 2.46. The smallest absolute Gasteiger partial charge is 0.241 e. The van der Waals surface area contributed by atoms with Gasteiger partial charge < -0.3 is 10.2 Å². The number of likely N-dealkylation sites (N-methyl/N-ethyl adjacent to an activating group) is 1. The molecular weight excluding hydrogens is 245 g/mol. The average Bonchev–Trinajstić information content (AvgIpc) is 2.36. The zero-order valence-corrected chi connectivity index (χ0v) is 10.3. The van der Waals surface area contributed by atoms with Crippen molar-refractivity contribution in [3.63, 3.8) is 0 Å². The topological polar surface area (TPSA) is 32.3 Å². The van der Waals surface area contributed by atoms with Crippen molar-refractivity contribution in [2.24, 2.45) is 0 Å². The number of hydrogen-bond donors (Lipinski definition) is 1. The first-order chi connectivity index (χ1) is 8.51. The summed E-state index contributed by atoms with van der Waals surface area (Å²) >= 11 is 0. The Bertz CT molecular complexity index is 434. The standard InChI is InChI=1S/C12H15F3N2O/c1-3-17(4-2)10(18)7-16-9-6-5-8(13)11(14)12(9)15/h5-6,16H,3-4,7H2,1-2H3. The van der Waals surface area contributed by atoms with Crippen molar-refractivity contribution >= 4 is 11.6 Å². The highest BCUT2D eigenvalue weighted by Gasteiger charge is 2.15. The second-order valence-electron chi connectivity index (χ2n) is 3.64. The van der Waals surface area contributed by atoms with Crippen LogP contribution < -0.4 is 5.32 Å². The molecule has 1 amide bonds. The molecule has 0 heterocycles. The quantitative estimate of drug-likeness (QED) is 0.824. The van der Waals surface area contributed by atoms with E-state index < -0.39 is 17.5 Å². The molecule has 1 aromatic carbocycles. The molecule has 0 aromatic heterocycles. The van der Waals surface area contributed by atoms with Gasteiger partial charge in [-0.1, -0.05) is 0 Å². The largest absolute Gasteiger partial charge is 0.374 e. The lowest BCUT2D eigenvalue weighted by atomic mass is 10.2. The molecule has 6 heteroatoms. The fourth-order valence-electron chi connectivity index (χ4n) is 1.52. The number of nitrogens with zero attached hydrogens (tertiary/aromatic N) is 1. The number of benzene rings is 1. The second-order valence-corrected chi connectivity index (χ2v) is 3.64. The van der Waals surface area contributed by atoms with Crippen molar-refractivity contribution in [1.29, 1.82) is 0 Å². The van der Waals surface area contributed by atoms with Crippen molar-refractivity contribution in [2.45, 2.75) is 13.8 Å². The molecule has 0 spiro atoms. The van der Waals surface area contributed by atoms with E-state index >= 15 is 0 Å². The first kappa shape index (κ1) is 14.3. The summed E-state index contributed by atoms with van der Waals surface area (Å²) < 4.78 is 38.9. The summed E-state index contributed by atoms with van der Waals surface area (Å²) in [6.07, 6.45) is 0. The Hall–Kier alpha value is -1.72. The second kappa shape index (κ2) is 6.28. The Morgan fingerprint density at radius 3 is 2.33 bits per heavy atom. The minimum Gasteiger partial charge on any atom is -0.374 e. The third kappa shape index (κ3) is 3.15. The Balaban J connectivity index is 2.70. The van der Waals surface area contributed by atoms with E-state index in [4.69, 9.17) is 0 Å². The molecule has 0 bridgehead atoms. The highest BCUT2D eigenvalue weighted by atomic mass is 19.2. The molecule has 0 saturated carbocycles. The van der Waals surface area contributed by atoms with Gasteiger partial charge in [-0.25, -0.2) is 13.2 Å². The van der Waals surface area contributed by atoms with Crippen LogP contribution in [0.5, 0.6) is 0 Å². The third-order valence-electron chi connectivity index (χ3n) is 2.58. The molecule has 0 radical (unpaired) electrons. The van der Waals surface area contributed by atoms with E-state index in [1.807, 2.05) is 13.8 Å². The monoisotopic (exact) mass is 260 g/mol. The van der Waals surface area contributed by atoms with Crippen molar-refractivity contribution in [2.75, 3.05) is 25.0 Å². The number of anilines is 1. The molecule has 100 valence electrons. The lowest BCUT2D eigenvalue weighted by molar-refractivity contribution is -0.128. The Morgan fingerprint density at radius 1 is 1.17 bits per heavy atom. The molecule has 18 heavy (non-hydrogen) atoms. The number of nitrogens with one attached hydrogen (secondary N) is 1. The van der Waals surface area contributed by atoms with Crippen LogP contribution in [0.25, 0.3) is 0 Å². The number of amides is 1. The molecule has 0 atom stereocenters. The normalized spacial score (nSPS) is 10.3. The molecule has 0 saturated heterocycles. The van der Waals surface area contributed by atoms with Gasteiger partial charge in [0.25, 0.3) is 0 Å². The predicted octanol–water partition coefficient (Wildman–Crippen LogP) is 2.38. The van der Waals surface area contributed by atoms with Gasteiger partial charge >= 0.3 is 0 Å². The fraction of sp³-hybridized carbons (Fsp3) is 0.417. The summed E-state index contributed by atoms with van der Waals surface area (Å²) in [5.74, 6) is -4.35. The van der Waals surface area contributed by atoms with Gasteiger partial charge in [0.15, 0.2) is 17.5 Å². The Morgan fingerprint density at radius 2 is 1.78 bits per heavy atom. The zero-order chi connectivity index (χ0) is 13.7. The molecule has 0 fully saturated rings. The molecular formula is C12H15F3N2O. The van der Waals surface area contributed by atoms with Crippen molar-refractivity contribution < 1.29 is 18.0 Å². The average molecular weight is 260 g/mol. The summed E-state index contributed by atoms with van der Waals surface area (Å²) in [6.45, 7) is 4.55. The molecule has 0 aliphatic heterocycles. The van der Waals surface area contributed by atoms with Crippen LogP contribution >= 0.6 is 0 Å². The van der Waals surface area contributed by atoms with Crippen molar-refractivity contribution in [3.05, 3.63) is 29.6 Å². The van der Waals surface area contributed by atoms with Gasteiger partial charge in [-0.2, -0.15) is 0 Å². The molecule has 3 nitrogen and oxygen atoms in total. The van der Waals surface area contributed by atoms with Gasteiger partial charge in [-0.3, -0.25) is 4.79 Å². The van der Waals surface area contributed by atoms with E-state index in [1.54, 1.807) is 4.90 Å². The Labute approximate surface area is 104 Å². The first-order valence-corrected chi connectivity index (χ1v) is 5.66. The summed E-state index contributed by atoms with van der Waals surface area (Å²) in [4.78, 5) is 13.2. The highest BCUT2D eigenvalue weighted by molar-refractivity contribution is 5.80. The van der Waals surface area contributed by atoms with Crippen LogP contribution in [0.15, 0.2) is 12.1 Å². The molecule has 1 aromatic rings.